The van der Waals surface area contributed by atoms with Crippen LogP contribution >= 0.6 is 0 Å². The maximum Gasteiger partial charge on any atom is 0.307 e. The number of likely N-dealkylation sites (tertiary alicyclic amines) is 1. The van der Waals surface area contributed by atoms with Gasteiger partial charge in [0, 0.05) is 31.4 Å². The highest BCUT2D eigenvalue weighted by Crippen LogP contribution is 2.27. The SMILES string of the molecule is CCOC(=O)CCN1CCC(Nc2nc3c(C)cccc3n2Cc2nc(C)ccc2O)CC1. The number of imidazole rings is 1. The van der Waals surface area contributed by atoms with Gasteiger partial charge >= 0.3 is 5.97 Å². The lowest BCUT2D eigenvalue weighted by Gasteiger charge is -2.32. The number of piperidine rings is 1. The van der Waals surface area contributed by atoms with E-state index in [1.807, 2.05) is 26.0 Å². The smallest absolute Gasteiger partial charge is 0.307 e. The molecule has 1 saturated heterocycles. The standard InChI is InChI=1S/C25H33N5O3/c1-4-33-23(32)12-15-29-13-10-19(11-14-29)27-25-28-24-17(2)6-5-7-21(24)30(25)16-20-22(31)9-8-18(3)26-20/h5-9,19,31H,4,10-16H2,1-3H3,(H,27,28). The number of anilines is 1. The molecule has 8 heteroatoms. The van der Waals surface area contributed by atoms with Crippen molar-refractivity contribution < 1.29 is 14.6 Å². The lowest BCUT2D eigenvalue weighted by molar-refractivity contribution is -0.143. The van der Waals surface area contributed by atoms with Crippen LogP contribution in [0.25, 0.3) is 11.0 Å². The van der Waals surface area contributed by atoms with Gasteiger partial charge in [-0.05, 0) is 57.4 Å². The molecule has 0 aliphatic carbocycles. The topological polar surface area (TPSA) is 92.5 Å². The number of pyridine rings is 1. The van der Waals surface area contributed by atoms with Crippen LogP contribution in [0.15, 0.2) is 30.3 Å². The summed E-state index contributed by atoms with van der Waals surface area (Å²) in [7, 11) is 0. The number of rotatable bonds is 8. The number of aromatic nitrogens is 3. The average molecular weight is 452 g/mol. The molecule has 1 aliphatic heterocycles. The third kappa shape index (κ3) is 5.45. The molecular weight excluding hydrogens is 418 g/mol. The second-order valence-electron chi connectivity index (χ2n) is 8.70. The number of para-hydroxylation sites is 1. The number of fused-ring (bicyclic) bond motifs is 1. The van der Waals surface area contributed by atoms with Gasteiger partial charge in [-0.15, -0.1) is 0 Å². The van der Waals surface area contributed by atoms with E-state index in [0.717, 1.165) is 60.7 Å². The first kappa shape index (κ1) is 23.0. The molecule has 1 fully saturated rings. The third-order valence-corrected chi connectivity index (χ3v) is 6.24. The Kier molecular flexibility index (Phi) is 7.13. The van der Waals surface area contributed by atoms with Gasteiger partial charge in [0.25, 0.3) is 0 Å². The number of nitrogens with zero attached hydrogens (tertiary/aromatic N) is 4. The zero-order valence-corrected chi connectivity index (χ0v) is 19.7. The van der Waals surface area contributed by atoms with Crippen LogP contribution in [0.2, 0.25) is 0 Å². The van der Waals surface area contributed by atoms with Gasteiger partial charge in [-0.3, -0.25) is 9.78 Å². The molecular formula is C25H33N5O3. The van der Waals surface area contributed by atoms with Crippen molar-refractivity contribution in [2.24, 2.45) is 0 Å². The normalized spacial score (nSPS) is 15.1. The average Bonchev–Trinajstić information content (AvgIpc) is 3.14. The van der Waals surface area contributed by atoms with Crippen molar-refractivity contribution in [3.63, 3.8) is 0 Å². The number of hydrogen-bond donors (Lipinski definition) is 2. The van der Waals surface area contributed by atoms with E-state index in [9.17, 15) is 9.90 Å². The minimum absolute atomic E-state index is 0.130. The number of ether oxygens (including phenoxy) is 1. The Hall–Kier alpha value is -3.13. The van der Waals surface area contributed by atoms with Crippen LogP contribution in [0, 0.1) is 13.8 Å². The molecule has 0 amide bonds. The second-order valence-corrected chi connectivity index (χ2v) is 8.70. The quantitative estimate of drug-likeness (QED) is 0.505. The third-order valence-electron chi connectivity index (χ3n) is 6.24. The zero-order valence-electron chi connectivity index (χ0n) is 19.7. The van der Waals surface area contributed by atoms with Gasteiger partial charge in [-0.1, -0.05) is 12.1 Å². The van der Waals surface area contributed by atoms with Crippen LogP contribution < -0.4 is 5.32 Å². The van der Waals surface area contributed by atoms with Crippen molar-refractivity contribution in [2.75, 3.05) is 31.6 Å². The Morgan fingerprint density at radius 3 is 2.73 bits per heavy atom. The summed E-state index contributed by atoms with van der Waals surface area (Å²) in [5.74, 6) is 0.859. The summed E-state index contributed by atoms with van der Waals surface area (Å²) in [6, 6.07) is 9.95. The molecule has 0 radical (unpaired) electrons. The summed E-state index contributed by atoms with van der Waals surface area (Å²) < 4.78 is 7.15. The van der Waals surface area contributed by atoms with Gasteiger partial charge in [-0.2, -0.15) is 0 Å². The maximum atomic E-state index is 11.6. The molecule has 4 rings (SSSR count). The number of aryl methyl sites for hydroxylation is 2. The van der Waals surface area contributed by atoms with Gasteiger partial charge < -0.3 is 24.6 Å². The summed E-state index contributed by atoms with van der Waals surface area (Å²) in [6.07, 6.45) is 2.38. The maximum absolute atomic E-state index is 11.6. The van der Waals surface area contributed by atoms with Crippen molar-refractivity contribution in [3.8, 4) is 5.75 Å². The first-order chi connectivity index (χ1) is 15.9. The van der Waals surface area contributed by atoms with E-state index in [4.69, 9.17) is 9.72 Å². The summed E-state index contributed by atoms with van der Waals surface area (Å²) in [6.45, 7) is 9.28. The molecule has 0 unspecified atom stereocenters. The highest BCUT2D eigenvalue weighted by molar-refractivity contribution is 5.82. The summed E-state index contributed by atoms with van der Waals surface area (Å²) >= 11 is 0. The predicted octanol–water partition coefficient (Wildman–Crippen LogP) is 3.63. The number of esters is 1. The van der Waals surface area contributed by atoms with Gasteiger partial charge in [0.05, 0.1) is 30.6 Å². The van der Waals surface area contributed by atoms with E-state index in [0.29, 0.717) is 31.3 Å². The van der Waals surface area contributed by atoms with Crippen molar-refractivity contribution in [1.29, 1.82) is 0 Å². The molecule has 33 heavy (non-hydrogen) atoms. The minimum Gasteiger partial charge on any atom is -0.506 e. The largest absolute Gasteiger partial charge is 0.506 e. The molecule has 176 valence electrons. The minimum atomic E-state index is -0.130. The van der Waals surface area contributed by atoms with Gasteiger partial charge in [0.15, 0.2) is 0 Å². The van der Waals surface area contributed by atoms with Crippen LogP contribution in [0.1, 0.15) is 43.1 Å². The van der Waals surface area contributed by atoms with Gasteiger partial charge in [0.2, 0.25) is 5.95 Å². The van der Waals surface area contributed by atoms with E-state index < -0.39 is 0 Å². The molecule has 2 N–H and O–H groups in total. The number of carbonyl (C=O) groups excluding carboxylic acids is 1. The molecule has 3 aromatic rings. The van der Waals surface area contributed by atoms with Crippen molar-refractivity contribution in [3.05, 3.63) is 47.3 Å². The van der Waals surface area contributed by atoms with Crippen LogP contribution in [-0.2, 0) is 16.1 Å². The molecule has 2 aromatic heterocycles. The summed E-state index contributed by atoms with van der Waals surface area (Å²) in [5, 5.41) is 14.0. The highest BCUT2D eigenvalue weighted by atomic mass is 16.5. The fourth-order valence-corrected chi connectivity index (χ4v) is 4.39. The monoisotopic (exact) mass is 451 g/mol. The van der Waals surface area contributed by atoms with Crippen molar-refractivity contribution >= 4 is 23.0 Å². The van der Waals surface area contributed by atoms with E-state index in [1.54, 1.807) is 6.07 Å². The second kappa shape index (κ2) is 10.2. The van der Waals surface area contributed by atoms with E-state index in [-0.39, 0.29) is 11.7 Å². The van der Waals surface area contributed by atoms with Gasteiger partial charge in [0.1, 0.15) is 11.4 Å². The lowest BCUT2D eigenvalue weighted by Crippen LogP contribution is -2.40. The molecule has 0 spiro atoms. The number of benzene rings is 1. The summed E-state index contributed by atoms with van der Waals surface area (Å²) in [5.41, 5.74) is 4.59. The lowest BCUT2D eigenvalue weighted by atomic mass is 10.1. The molecule has 1 aliphatic rings. The van der Waals surface area contributed by atoms with Crippen molar-refractivity contribution in [2.45, 2.75) is 52.6 Å². The Morgan fingerprint density at radius 1 is 1.18 bits per heavy atom. The molecule has 0 bridgehead atoms. The molecule has 0 saturated carbocycles. The van der Waals surface area contributed by atoms with Gasteiger partial charge in [-0.25, -0.2) is 4.98 Å². The van der Waals surface area contributed by atoms with E-state index in [1.165, 1.54) is 0 Å². The molecule has 3 heterocycles. The fourth-order valence-electron chi connectivity index (χ4n) is 4.39. The number of hydrogen-bond acceptors (Lipinski definition) is 7. The fraction of sp³-hybridized carbons (Fsp3) is 0.480. The van der Waals surface area contributed by atoms with Crippen LogP contribution in [0.3, 0.4) is 0 Å². The predicted molar refractivity (Wildman–Crippen MR) is 129 cm³/mol. The van der Waals surface area contributed by atoms with E-state index >= 15 is 0 Å². The first-order valence-corrected chi connectivity index (χ1v) is 11.7. The zero-order chi connectivity index (χ0) is 23.4. The van der Waals surface area contributed by atoms with E-state index in [2.05, 4.69) is 38.8 Å². The Labute approximate surface area is 194 Å². The number of carbonyl (C=O) groups is 1. The Bertz CT molecular complexity index is 1120. The Morgan fingerprint density at radius 2 is 1.97 bits per heavy atom. The Balaban J connectivity index is 1.49. The number of aromatic hydroxyl groups is 1. The summed E-state index contributed by atoms with van der Waals surface area (Å²) in [4.78, 5) is 23.4. The molecule has 8 nitrogen and oxygen atoms in total. The highest BCUT2D eigenvalue weighted by Gasteiger charge is 2.23. The molecule has 0 atom stereocenters. The first-order valence-electron chi connectivity index (χ1n) is 11.7. The van der Waals surface area contributed by atoms with Crippen molar-refractivity contribution in [1.82, 2.24) is 19.4 Å². The molecule has 1 aromatic carbocycles. The van der Waals surface area contributed by atoms with Crippen LogP contribution in [-0.4, -0.2) is 62.8 Å². The number of nitrogens with one attached hydrogen (secondary N) is 1. The van der Waals surface area contributed by atoms with Crippen LogP contribution in [0.5, 0.6) is 5.75 Å². The van der Waals surface area contributed by atoms with Crippen LogP contribution in [0.4, 0.5) is 5.95 Å².